The van der Waals surface area contributed by atoms with E-state index in [0.29, 0.717) is 5.69 Å². The van der Waals surface area contributed by atoms with E-state index in [1.165, 1.54) is 3.57 Å². The van der Waals surface area contributed by atoms with Crippen molar-refractivity contribution in [2.75, 3.05) is 5.73 Å². The number of aromatic nitrogens is 2. The molecule has 12 heavy (non-hydrogen) atoms. The smallest absolute Gasteiger partial charge is 0.140 e. The van der Waals surface area contributed by atoms with Crippen LogP contribution in [0.25, 0.3) is 11.0 Å². The molecule has 2 aromatic rings. The third-order valence-electron chi connectivity index (χ3n) is 1.79. The molecule has 2 rings (SSSR count). The quantitative estimate of drug-likeness (QED) is 0.743. The van der Waals surface area contributed by atoms with Gasteiger partial charge in [-0.1, -0.05) is 0 Å². The van der Waals surface area contributed by atoms with Crippen LogP contribution in [-0.2, 0) is 7.05 Å². The van der Waals surface area contributed by atoms with Gasteiger partial charge in [0, 0.05) is 22.2 Å². The third kappa shape index (κ3) is 1.06. The van der Waals surface area contributed by atoms with Crippen molar-refractivity contribution in [3.63, 3.8) is 0 Å². The molecule has 0 aromatic carbocycles. The Morgan fingerprint density at radius 2 is 2.33 bits per heavy atom. The molecule has 2 heterocycles. The number of fused-ring (bicyclic) bond motifs is 1. The standard InChI is InChI=1S/C8H8IN3/c1-12-4-7(9)6-2-5(10)3-11-8(6)12/h2-4H,10H2,1H3. The Kier molecular flexibility index (Phi) is 1.71. The van der Waals surface area contributed by atoms with Crippen molar-refractivity contribution in [3.8, 4) is 0 Å². The molecule has 0 aliphatic heterocycles. The number of aryl methyl sites for hydroxylation is 1. The van der Waals surface area contributed by atoms with Crippen LogP contribution in [0.4, 0.5) is 5.69 Å². The first-order valence-corrected chi connectivity index (χ1v) is 4.62. The molecule has 62 valence electrons. The van der Waals surface area contributed by atoms with Gasteiger partial charge in [-0.25, -0.2) is 4.98 Å². The molecule has 0 bridgehead atoms. The van der Waals surface area contributed by atoms with Crippen LogP contribution < -0.4 is 5.73 Å². The van der Waals surface area contributed by atoms with Crippen LogP contribution in [-0.4, -0.2) is 9.55 Å². The summed E-state index contributed by atoms with van der Waals surface area (Å²) in [5.41, 5.74) is 7.32. The maximum absolute atomic E-state index is 5.63. The summed E-state index contributed by atoms with van der Waals surface area (Å²) in [6, 6.07) is 1.95. The van der Waals surface area contributed by atoms with E-state index in [0.717, 1.165) is 11.0 Å². The number of nitrogens with zero attached hydrogens (tertiary/aromatic N) is 2. The predicted molar refractivity (Wildman–Crippen MR) is 57.8 cm³/mol. The monoisotopic (exact) mass is 273 g/mol. The van der Waals surface area contributed by atoms with E-state index in [9.17, 15) is 0 Å². The van der Waals surface area contributed by atoms with E-state index in [-0.39, 0.29) is 0 Å². The topological polar surface area (TPSA) is 43.8 Å². The molecular weight excluding hydrogens is 265 g/mol. The number of halogens is 1. The lowest BCUT2D eigenvalue weighted by molar-refractivity contribution is 0.946. The van der Waals surface area contributed by atoms with Gasteiger partial charge in [0.1, 0.15) is 5.65 Å². The first-order valence-electron chi connectivity index (χ1n) is 3.54. The van der Waals surface area contributed by atoms with Crippen LogP contribution in [0.15, 0.2) is 18.5 Å². The van der Waals surface area contributed by atoms with Gasteiger partial charge in [0.05, 0.1) is 11.9 Å². The summed E-state index contributed by atoms with van der Waals surface area (Å²) in [5.74, 6) is 0. The van der Waals surface area contributed by atoms with Crippen molar-refractivity contribution in [2.24, 2.45) is 7.05 Å². The van der Waals surface area contributed by atoms with Gasteiger partial charge in [-0.15, -0.1) is 0 Å². The van der Waals surface area contributed by atoms with Crippen LogP contribution in [0.3, 0.4) is 0 Å². The average molecular weight is 273 g/mol. The Balaban J connectivity index is 2.90. The Bertz CT molecular complexity index is 433. The minimum absolute atomic E-state index is 0.714. The van der Waals surface area contributed by atoms with Crippen molar-refractivity contribution >= 4 is 39.3 Å². The van der Waals surface area contributed by atoms with E-state index in [1.807, 2.05) is 23.9 Å². The second-order valence-electron chi connectivity index (χ2n) is 2.73. The highest BCUT2D eigenvalue weighted by Gasteiger charge is 2.04. The first kappa shape index (κ1) is 7.85. The fourth-order valence-electron chi connectivity index (χ4n) is 1.23. The molecule has 0 saturated carbocycles. The molecule has 0 fully saturated rings. The molecule has 0 atom stereocenters. The molecule has 2 aromatic heterocycles. The van der Waals surface area contributed by atoms with Gasteiger partial charge in [-0.3, -0.25) is 0 Å². The van der Waals surface area contributed by atoms with Gasteiger partial charge in [0.25, 0.3) is 0 Å². The number of anilines is 1. The van der Waals surface area contributed by atoms with Gasteiger partial charge in [-0.05, 0) is 28.7 Å². The molecular formula is C8H8IN3. The van der Waals surface area contributed by atoms with E-state index in [1.54, 1.807) is 6.20 Å². The summed E-state index contributed by atoms with van der Waals surface area (Å²) in [6.45, 7) is 0. The van der Waals surface area contributed by atoms with Crippen LogP contribution in [0.5, 0.6) is 0 Å². The number of nitrogens with two attached hydrogens (primary N) is 1. The highest BCUT2D eigenvalue weighted by molar-refractivity contribution is 14.1. The number of hydrogen-bond acceptors (Lipinski definition) is 2. The van der Waals surface area contributed by atoms with Gasteiger partial charge >= 0.3 is 0 Å². The molecule has 0 spiro atoms. The lowest BCUT2D eigenvalue weighted by atomic mass is 10.3. The highest BCUT2D eigenvalue weighted by Crippen LogP contribution is 2.21. The number of pyridine rings is 1. The zero-order valence-corrected chi connectivity index (χ0v) is 8.74. The van der Waals surface area contributed by atoms with Gasteiger partial charge in [0.15, 0.2) is 0 Å². The maximum atomic E-state index is 5.63. The molecule has 0 aliphatic carbocycles. The SMILES string of the molecule is Cn1cc(I)c2cc(N)cnc21. The van der Waals surface area contributed by atoms with Crippen LogP contribution >= 0.6 is 22.6 Å². The second-order valence-corrected chi connectivity index (χ2v) is 3.89. The normalized spacial score (nSPS) is 10.8. The maximum Gasteiger partial charge on any atom is 0.140 e. The largest absolute Gasteiger partial charge is 0.397 e. The summed E-state index contributed by atoms with van der Waals surface area (Å²) in [6.07, 6.45) is 3.72. The summed E-state index contributed by atoms with van der Waals surface area (Å²) in [4.78, 5) is 4.23. The summed E-state index contributed by atoms with van der Waals surface area (Å²) >= 11 is 2.28. The van der Waals surface area contributed by atoms with Crippen LogP contribution in [0.2, 0.25) is 0 Å². The number of rotatable bonds is 0. The molecule has 0 aliphatic rings. The van der Waals surface area contributed by atoms with Crippen molar-refractivity contribution < 1.29 is 0 Å². The molecule has 0 amide bonds. The first-order chi connectivity index (χ1) is 5.68. The van der Waals surface area contributed by atoms with E-state index < -0.39 is 0 Å². The van der Waals surface area contributed by atoms with Gasteiger partial charge < -0.3 is 10.3 Å². The Labute approximate surface area is 83.7 Å². The van der Waals surface area contributed by atoms with Crippen LogP contribution in [0, 0.1) is 3.57 Å². The molecule has 0 saturated heterocycles. The summed E-state index contributed by atoms with van der Waals surface area (Å²) < 4.78 is 3.18. The summed E-state index contributed by atoms with van der Waals surface area (Å²) in [7, 11) is 1.98. The Morgan fingerprint density at radius 1 is 1.58 bits per heavy atom. The second kappa shape index (κ2) is 2.62. The number of hydrogen-bond donors (Lipinski definition) is 1. The highest BCUT2D eigenvalue weighted by atomic mass is 127. The molecule has 4 heteroatoms. The minimum atomic E-state index is 0.714. The van der Waals surface area contributed by atoms with Gasteiger partial charge in [-0.2, -0.15) is 0 Å². The molecule has 0 unspecified atom stereocenters. The van der Waals surface area contributed by atoms with Crippen molar-refractivity contribution in [2.45, 2.75) is 0 Å². The molecule has 2 N–H and O–H groups in total. The zero-order chi connectivity index (χ0) is 8.72. The Morgan fingerprint density at radius 3 is 3.08 bits per heavy atom. The van der Waals surface area contributed by atoms with E-state index in [4.69, 9.17) is 5.73 Å². The molecule has 3 nitrogen and oxygen atoms in total. The lowest BCUT2D eigenvalue weighted by Crippen LogP contribution is -1.89. The third-order valence-corrected chi connectivity index (χ3v) is 2.65. The van der Waals surface area contributed by atoms with E-state index in [2.05, 4.69) is 27.6 Å². The zero-order valence-electron chi connectivity index (χ0n) is 6.58. The van der Waals surface area contributed by atoms with E-state index >= 15 is 0 Å². The summed E-state index contributed by atoms with van der Waals surface area (Å²) in [5, 5.41) is 1.12. The van der Waals surface area contributed by atoms with Crippen molar-refractivity contribution in [1.29, 1.82) is 0 Å². The fourth-order valence-corrected chi connectivity index (χ4v) is 2.05. The fraction of sp³-hybridized carbons (Fsp3) is 0.125. The predicted octanol–water partition coefficient (Wildman–Crippen LogP) is 1.76. The molecule has 0 radical (unpaired) electrons. The van der Waals surface area contributed by atoms with Crippen molar-refractivity contribution in [3.05, 3.63) is 22.0 Å². The van der Waals surface area contributed by atoms with Crippen molar-refractivity contribution in [1.82, 2.24) is 9.55 Å². The van der Waals surface area contributed by atoms with Gasteiger partial charge in [0.2, 0.25) is 0 Å². The Hall–Kier alpha value is -0.780. The lowest BCUT2D eigenvalue weighted by Gasteiger charge is -1.95. The number of nitrogen functional groups attached to an aromatic ring is 1. The minimum Gasteiger partial charge on any atom is -0.397 e. The van der Waals surface area contributed by atoms with Crippen LogP contribution in [0.1, 0.15) is 0 Å². The average Bonchev–Trinajstić information content (AvgIpc) is 2.28.